The molecule has 0 saturated carbocycles. The molecule has 1 saturated heterocycles. The van der Waals surface area contributed by atoms with Crippen molar-refractivity contribution in [1.82, 2.24) is 10.0 Å². The molecule has 406 valence electrons. The average Bonchev–Trinajstić information content (AvgIpc) is 3.89. The standard InChI is InChI=1S/C43H86.C14H30N2.C3H8.C2H6O.C2H4/c1-6-11-15-27-37-42(33-13-8-3)39-31-25-21-17-19-23-29-35-41(10-5)36-30-24-20-18-22-26-32-40-43(34-14-9-4)38-28-16-12-7-2;1-3-4-5-6-7-8-9-12-15(2)16-13-10-11-14-16;2*1-3-2;1-2/h10,41-43H,5-9,11-40H2,1-4H3;3-14H2,1-2H3;3H2,1-2H3;1-2H3;1-2H2. The highest BCUT2D eigenvalue weighted by Crippen LogP contribution is 2.26. The summed E-state index contributed by atoms with van der Waals surface area (Å²) in [5.41, 5.74) is 0. The van der Waals surface area contributed by atoms with Gasteiger partial charge in [-0.15, -0.1) is 19.7 Å². The van der Waals surface area contributed by atoms with E-state index in [1.165, 1.54) is 302 Å². The third-order valence-electron chi connectivity index (χ3n) is 14.2. The molecule has 0 aliphatic carbocycles. The molecule has 2 atom stereocenters. The van der Waals surface area contributed by atoms with Crippen molar-refractivity contribution in [2.75, 3.05) is 40.9 Å². The molecule has 67 heavy (non-hydrogen) atoms. The Kier molecular flexibility index (Phi) is 73.4. The van der Waals surface area contributed by atoms with E-state index in [2.05, 4.69) is 96.1 Å². The summed E-state index contributed by atoms with van der Waals surface area (Å²) >= 11 is 0. The SMILES string of the molecule is C=C.C=CC(CCCCCCCCCC(CCCC)CCCCCC)CCCCCCCCCC(CCCC)CCCCCC.CCC.CCCCCCCCCN(C)N1CCCC1.COC. The summed E-state index contributed by atoms with van der Waals surface area (Å²) in [6.45, 7) is 29.9. The zero-order valence-electron chi connectivity index (χ0n) is 49.0. The molecule has 0 radical (unpaired) electrons. The summed E-state index contributed by atoms with van der Waals surface area (Å²) in [6, 6.07) is 0. The van der Waals surface area contributed by atoms with E-state index in [1.54, 1.807) is 14.2 Å². The molecule has 1 heterocycles. The predicted octanol–water partition coefficient (Wildman–Crippen LogP) is 22.5. The maximum Gasteiger partial charge on any atom is 0.0351 e. The van der Waals surface area contributed by atoms with E-state index in [0.717, 1.165) is 17.8 Å². The van der Waals surface area contributed by atoms with E-state index in [4.69, 9.17) is 0 Å². The number of methoxy groups -OCH3 is 1. The van der Waals surface area contributed by atoms with Gasteiger partial charge in [-0.25, -0.2) is 10.0 Å². The van der Waals surface area contributed by atoms with Gasteiger partial charge in [0.15, 0.2) is 0 Å². The molecule has 1 rings (SSSR count). The van der Waals surface area contributed by atoms with E-state index in [-0.39, 0.29) is 0 Å². The van der Waals surface area contributed by atoms with Gasteiger partial charge in [-0.3, -0.25) is 0 Å². The first-order chi connectivity index (χ1) is 32.9. The van der Waals surface area contributed by atoms with Crippen molar-refractivity contribution in [2.45, 2.75) is 331 Å². The predicted molar refractivity (Wildman–Crippen MR) is 312 cm³/mol. The van der Waals surface area contributed by atoms with Crippen molar-refractivity contribution in [2.24, 2.45) is 17.8 Å². The van der Waals surface area contributed by atoms with Crippen LogP contribution in [0.3, 0.4) is 0 Å². The number of unbranched alkanes of at least 4 members (excludes halogenated alkanes) is 26. The molecule has 0 aromatic rings. The minimum absolute atomic E-state index is 0.773. The summed E-state index contributed by atoms with van der Waals surface area (Å²) in [5.74, 6) is 2.82. The van der Waals surface area contributed by atoms with Crippen LogP contribution in [0.2, 0.25) is 0 Å². The second-order valence-electron chi connectivity index (χ2n) is 21.1. The number of rotatable bonds is 46. The minimum atomic E-state index is 0.773. The number of allylic oxidation sites excluding steroid dienone is 1. The van der Waals surface area contributed by atoms with Crippen LogP contribution in [-0.2, 0) is 4.74 Å². The largest absolute Gasteiger partial charge is 0.388 e. The fourth-order valence-corrected chi connectivity index (χ4v) is 9.88. The molecular formula is C64H134N2O. The lowest BCUT2D eigenvalue weighted by atomic mass is 9.90. The topological polar surface area (TPSA) is 15.7 Å². The van der Waals surface area contributed by atoms with Gasteiger partial charge in [0, 0.05) is 40.9 Å². The number of hydrazine groups is 1. The Morgan fingerprint density at radius 3 is 0.940 bits per heavy atom. The first-order valence-corrected chi connectivity index (χ1v) is 30.9. The molecule has 3 nitrogen and oxygen atoms in total. The van der Waals surface area contributed by atoms with Gasteiger partial charge in [0.1, 0.15) is 0 Å². The molecule has 1 fully saturated rings. The first-order valence-electron chi connectivity index (χ1n) is 30.9. The Balaban J connectivity index is -0.000000675. The highest BCUT2D eigenvalue weighted by Gasteiger charge is 2.15. The molecule has 3 heteroatoms. The lowest BCUT2D eigenvalue weighted by Crippen LogP contribution is -2.37. The Bertz CT molecular complexity index is 781. The average molecular weight is 948 g/mol. The Hall–Kier alpha value is -0.640. The summed E-state index contributed by atoms with van der Waals surface area (Å²) in [4.78, 5) is 0. The van der Waals surface area contributed by atoms with Crippen LogP contribution in [0.25, 0.3) is 0 Å². The zero-order valence-corrected chi connectivity index (χ0v) is 49.0. The highest BCUT2D eigenvalue weighted by atomic mass is 16.4. The molecule has 2 unspecified atom stereocenters. The summed E-state index contributed by atoms with van der Waals surface area (Å²) in [5, 5.41) is 4.95. The van der Waals surface area contributed by atoms with Crippen LogP contribution in [0.15, 0.2) is 25.8 Å². The first kappa shape index (κ1) is 72.9. The molecule has 0 N–H and O–H groups in total. The van der Waals surface area contributed by atoms with Crippen LogP contribution in [0.5, 0.6) is 0 Å². The number of ether oxygens (including phenoxy) is 1. The summed E-state index contributed by atoms with van der Waals surface area (Å²) in [6.07, 6.45) is 65.6. The van der Waals surface area contributed by atoms with Crippen molar-refractivity contribution in [1.29, 1.82) is 0 Å². The fraction of sp³-hybridized carbons (Fsp3) is 0.938. The minimum Gasteiger partial charge on any atom is -0.388 e. The van der Waals surface area contributed by atoms with Gasteiger partial charge < -0.3 is 4.74 Å². The van der Waals surface area contributed by atoms with E-state index < -0.39 is 0 Å². The van der Waals surface area contributed by atoms with Crippen LogP contribution >= 0.6 is 0 Å². The number of nitrogens with zero attached hydrogens (tertiary/aromatic N) is 2. The summed E-state index contributed by atoms with van der Waals surface area (Å²) < 4.78 is 4.25. The highest BCUT2D eigenvalue weighted by molar-refractivity contribution is 4.79. The van der Waals surface area contributed by atoms with Gasteiger partial charge >= 0.3 is 0 Å². The maximum atomic E-state index is 4.25. The third-order valence-corrected chi connectivity index (χ3v) is 14.2. The Morgan fingerprint density at radius 2 is 0.642 bits per heavy atom. The maximum absolute atomic E-state index is 4.25. The van der Waals surface area contributed by atoms with Crippen LogP contribution in [-0.4, -0.2) is 50.9 Å². The van der Waals surface area contributed by atoms with Crippen LogP contribution in [0.4, 0.5) is 0 Å². The Labute approximate surface area is 428 Å². The van der Waals surface area contributed by atoms with Crippen molar-refractivity contribution in [3.8, 4) is 0 Å². The van der Waals surface area contributed by atoms with Crippen molar-refractivity contribution in [3.05, 3.63) is 25.8 Å². The smallest absolute Gasteiger partial charge is 0.0351 e. The molecule has 0 spiro atoms. The molecule has 0 amide bonds. The van der Waals surface area contributed by atoms with Gasteiger partial charge in [0.2, 0.25) is 0 Å². The molecule has 1 aliphatic heterocycles. The quantitative estimate of drug-likeness (QED) is 0.0447. The van der Waals surface area contributed by atoms with Gasteiger partial charge in [-0.1, -0.05) is 305 Å². The Morgan fingerprint density at radius 1 is 0.403 bits per heavy atom. The van der Waals surface area contributed by atoms with Gasteiger partial charge in [0.25, 0.3) is 0 Å². The van der Waals surface area contributed by atoms with Crippen molar-refractivity contribution < 1.29 is 4.74 Å². The van der Waals surface area contributed by atoms with Crippen molar-refractivity contribution in [3.63, 3.8) is 0 Å². The van der Waals surface area contributed by atoms with Crippen LogP contribution < -0.4 is 0 Å². The van der Waals surface area contributed by atoms with Crippen LogP contribution in [0.1, 0.15) is 331 Å². The molecular weight excluding hydrogens is 813 g/mol. The summed E-state index contributed by atoms with van der Waals surface area (Å²) in [7, 11) is 5.50. The van der Waals surface area contributed by atoms with E-state index in [9.17, 15) is 0 Å². The monoisotopic (exact) mass is 947 g/mol. The van der Waals surface area contributed by atoms with Gasteiger partial charge in [0.05, 0.1) is 0 Å². The zero-order chi connectivity index (χ0) is 50.5. The van der Waals surface area contributed by atoms with Crippen LogP contribution in [0, 0.1) is 17.8 Å². The lowest BCUT2D eigenvalue weighted by Gasteiger charge is -2.27. The van der Waals surface area contributed by atoms with Gasteiger partial charge in [-0.05, 0) is 49.9 Å². The molecule has 0 aromatic heterocycles. The molecule has 1 aliphatic rings. The van der Waals surface area contributed by atoms with Crippen molar-refractivity contribution >= 4 is 0 Å². The van der Waals surface area contributed by atoms with E-state index in [1.807, 2.05) is 0 Å². The third kappa shape index (κ3) is 61.4. The molecule has 0 bridgehead atoms. The number of hydrogen-bond acceptors (Lipinski definition) is 3. The second kappa shape index (κ2) is 67.4. The fourth-order valence-electron chi connectivity index (χ4n) is 9.88. The second-order valence-corrected chi connectivity index (χ2v) is 21.1. The molecule has 0 aromatic carbocycles. The normalized spacial score (nSPS) is 13.6. The number of hydrogen-bond donors (Lipinski definition) is 0. The van der Waals surface area contributed by atoms with E-state index in [0.29, 0.717) is 0 Å². The van der Waals surface area contributed by atoms with E-state index >= 15 is 0 Å². The lowest BCUT2D eigenvalue weighted by molar-refractivity contribution is 0.0230. The van der Waals surface area contributed by atoms with Gasteiger partial charge in [-0.2, -0.15) is 0 Å².